The Morgan fingerprint density at radius 2 is 0.695 bits per heavy atom. The maximum Gasteiger partial charge on any atom is 0.274 e. The molecule has 7 aromatic carbocycles. The third kappa shape index (κ3) is 11.2. The van der Waals surface area contributed by atoms with E-state index < -0.39 is 53.0 Å². The quantitative estimate of drug-likeness (QED) is 0.0533. The standard InChI is InChI=1S/C33H20N2O7.C32H22N2O6/c36-29-15-16-30(37)34(29)23-3-1-5-27(19-23)41-25-11-7-21(8-12-25)33(40)22-9-13-26(14-10-22)42-28-6-2-4-24(20-28)35-31(38)17-18-32(35)39;35-28-14-15-29(36)33(28)24-6-10-26(11-7-24)39-32(20-18-23(19-21-32)22-4-2-1-3-5-22)40-27-12-8-25(9-13-27)34-30(37)16-17-31(34)38/h1-20H;1-20H,21H2. The Bertz CT molecular complexity index is 3680. The number of hydrogen-bond acceptors (Lipinski definition) is 13. The molecule has 17 nitrogen and oxygen atoms in total. The molecule has 8 amide bonds. The second kappa shape index (κ2) is 22.4. The van der Waals surface area contributed by atoms with E-state index in [1.54, 1.807) is 146 Å². The fourth-order valence-electron chi connectivity index (χ4n) is 9.13. The van der Waals surface area contributed by atoms with Crippen LogP contribution in [0.4, 0.5) is 22.7 Å². The van der Waals surface area contributed by atoms with Gasteiger partial charge in [0.25, 0.3) is 53.0 Å². The molecule has 0 radical (unpaired) electrons. The number of ketones is 1. The van der Waals surface area contributed by atoms with E-state index in [0.29, 0.717) is 74.8 Å². The fraction of sp³-hybridized carbons (Fsp3) is 0.0308. The smallest absolute Gasteiger partial charge is 0.274 e. The number of amides is 8. The van der Waals surface area contributed by atoms with Gasteiger partial charge in [0.15, 0.2) is 5.78 Å². The molecule has 0 atom stereocenters. The van der Waals surface area contributed by atoms with Crippen molar-refractivity contribution >= 4 is 81.4 Å². The Morgan fingerprint density at radius 1 is 0.341 bits per heavy atom. The first-order valence-electron chi connectivity index (χ1n) is 25.3. The summed E-state index contributed by atoms with van der Waals surface area (Å²) >= 11 is 0. The van der Waals surface area contributed by atoms with Crippen LogP contribution in [0.25, 0.3) is 5.57 Å². The molecular formula is C65H42N4O13. The molecule has 0 saturated carbocycles. The second-order valence-electron chi connectivity index (χ2n) is 18.5. The largest absolute Gasteiger partial charge is 0.457 e. The van der Waals surface area contributed by atoms with Crippen LogP contribution in [0.3, 0.4) is 0 Å². The molecule has 0 spiro atoms. The van der Waals surface area contributed by atoms with Crippen molar-refractivity contribution in [2.75, 3.05) is 19.6 Å². The molecular weight excluding hydrogens is 1040 g/mol. The first-order valence-corrected chi connectivity index (χ1v) is 25.3. The molecule has 17 heteroatoms. The number of ether oxygens (including phenoxy) is 4. The summed E-state index contributed by atoms with van der Waals surface area (Å²) in [6.07, 6.45) is 16.0. The molecule has 1 aliphatic carbocycles. The third-order valence-electron chi connectivity index (χ3n) is 13.1. The SMILES string of the molecule is O=C(c1ccc(Oc2cccc(N3C(=O)C=CC3=O)c2)cc1)c1ccc(Oc2cccc(N3C(=O)C=CC3=O)c2)cc1.O=C1C=CC(=O)N1c1ccc(OC2(Oc3ccc(N4C(=O)C=CC4=O)cc3)C=CC(c3ccccc3)=CC2)cc1. The lowest BCUT2D eigenvalue weighted by Gasteiger charge is -2.33. The molecule has 0 N–H and O–H groups in total. The number of nitrogens with zero attached hydrogens (tertiary/aromatic N) is 4. The van der Waals surface area contributed by atoms with Crippen LogP contribution < -0.4 is 38.5 Å². The minimum Gasteiger partial charge on any atom is -0.457 e. The number of benzene rings is 7. The molecule has 4 heterocycles. The summed E-state index contributed by atoms with van der Waals surface area (Å²) in [5.41, 5.74) is 4.64. The van der Waals surface area contributed by atoms with Gasteiger partial charge in [-0.25, -0.2) is 19.6 Å². The van der Waals surface area contributed by atoms with E-state index >= 15 is 0 Å². The van der Waals surface area contributed by atoms with Crippen LogP contribution in [0.5, 0.6) is 34.5 Å². The molecule has 12 rings (SSSR count). The van der Waals surface area contributed by atoms with Crippen LogP contribution in [-0.2, 0) is 38.4 Å². The summed E-state index contributed by atoms with van der Waals surface area (Å²) in [4.78, 5) is 113. The number of rotatable bonds is 15. The Labute approximate surface area is 467 Å². The molecule has 82 heavy (non-hydrogen) atoms. The Morgan fingerprint density at radius 3 is 1.05 bits per heavy atom. The molecule has 5 aliphatic rings. The van der Waals surface area contributed by atoms with Crippen molar-refractivity contribution < 1.29 is 62.1 Å². The topological polar surface area (TPSA) is 204 Å². The van der Waals surface area contributed by atoms with Crippen LogP contribution in [0.15, 0.2) is 243 Å². The van der Waals surface area contributed by atoms with E-state index in [1.807, 2.05) is 48.6 Å². The lowest BCUT2D eigenvalue weighted by atomic mass is 9.96. The summed E-state index contributed by atoms with van der Waals surface area (Å²) in [6.45, 7) is 0. The molecule has 4 aliphatic heterocycles. The summed E-state index contributed by atoms with van der Waals surface area (Å²) < 4.78 is 24.5. The van der Waals surface area contributed by atoms with Crippen molar-refractivity contribution in [1.82, 2.24) is 0 Å². The maximum absolute atomic E-state index is 13.1. The monoisotopic (exact) mass is 1090 g/mol. The third-order valence-corrected chi connectivity index (χ3v) is 13.1. The molecule has 0 saturated heterocycles. The van der Waals surface area contributed by atoms with E-state index in [1.165, 1.54) is 48.6 Å². The van der Waals surface area contributed by atoms with Gasteiger partial charge < -0.3 is 18.9 Å². The van der Waals surface area contributed by atoms with Crippen molar-refractivity contribution in [1.29, 1.82) is 0 Å². The minimum absolute atomic E-state index is 0.200. The van der Waals surface area contributed by atoms with Crippen LogP contribution in [0, 0.1) is 0 Å². The minimum atomic E-state index is -1.22. The van der Waals surface area contributed by atoms with Gasteiger partial charge in [-0.05, 0) is 132 Å². The average Bonchev–Trinajstić information content (AvgIpc) is 4.37. The number of anilines is 4. The normalized spacial score (nSPS) is 15.8. The van der Waals surface area contributed by atoms with Gasteiger partial charge in [-0.15, -0.1) is 0 Å². The zero-order valence-corrected chi connectivity index (χ0v) is 42.9. The van der Waals surface area contributed by atoms with Crippen molar-refractivity contribution in [2.24, 2.45) is 0 Å². The Balaban J connectivity index is 0.000000172. The number of allylic oxidation sites excluding steroid dienone is 2. The summed E-state index contributed by atoms with van der Waals surface area (Å²) in [5, 5.41) is 0. The highest BCUT2D eigenvalue weighted by Gasteiger charge is 2.35. The molecule has 0 aromatic heterocycles. The molecule has 400 valence electrons. The van der Waals surface area contributed by atoms with Crippen molar-refractivity contribution in [2.45, 2.75) is 12.2 Å². The number of carbonyl (C=O) groups is 9. The van der Waals surface area contributed by atoms with Gasteiger partial charge in [-0.3, -0.25) is 43.2 Å². The van der Waals surface area contributed by atoms with E-state index in [0.717, 1.165) is 30.7 Å². The predicted octanol–water partition coefficient (Wildman–Crippen LogP) is 10.1. The molecule has 0 unspecified atom stereocenters. The van der Waals surface area contributed by atoms with Gasteiger partial charge in [0, 0.05) is 84.4 Å². The van der Waals surface area contributed by atoms with Crippen LogP contribution >= 0.6 is 0 Å². The van der Waals surface area contributed by atoms with Gasteiger partial charge in [0.2, 0.25) is 0 Å². The summed E-state index contributed by atoms with van der Waals surface area (Å²) in [6, 6.07) is 49.6. The highest BCUT2D eigenvalue weighted by molar-refractivity contribution is 6.30. The lowest BCUT2D eigenvalue weighted by Crippen LogP contribution is -2.41. The highest BCUT2D eigenvalue weighted by atomic mass is 16.7. The number of hydrogen-bond donors (Lipinski definition) is 0. The van der Waals surface area contributed by atoms with E-state index in [-0.39, 0.29) is 5.78 Å². The van der Waals surface area contributed by atoms with Gasteiger partial charge in [0.05, 0.1) is 22.7 Å². The molecule has 0 bridgehead atoms. The Hall–Kier alpha value is -11.6. The van der Waals surface area contributed by atoms with Crippen LogP contribution in [0.2, 0.25) is 0 Å². The molecule has 7 aromatic rings. The fourth-order valence-corrected chi connectivity index (χ4v) is 9.13. The number of imide groups is 4. The molecule has 0 fully saturated rings. The number of carbonyl (C=O) groups excluding carboxylic acids is 9. The lowest BCUT2D eigenvalue weighted by molar-refractivity contribution is -0.121. The van der Waals surface area contributed by atoms with Crippen LogP contribution in [-0.4, -0.2) is 58.8 Å². The average molecular weight is 1090 g/mol. The summed E-state index contributed by atoms with van der Waals surface area (Å²) in [5.74, 6) is -1.96. The zero-order chi connectivity index (χ0) is 56.9. The first-order chi connectivity index (χ1) is 39.8. The van der Waals surface area contributed by atoms with Crippen molar-refractivity contribution in [3.63, 3.8) is 0 Å². The van der Waals surface area contributed by atoms with Gasteiger partial charge in [-0.2, -0.15) is 0 Å². The van der Waals surface area contributed by atoms with Gasteiger partial charge >= 0.3 is 0 Å². The van der Waals surface area contributed by atoms with E-state index in [9.17, 15) is 43.2 Å². The predicted molar refractivity (Wildman–Crippen MR) is 301 cm³/mol. The van der Waals surface area contributed by atoms with Gasteiger partial charge in [-0.1, -0.05) is 54.6 Å². The van der Waals surface area contributed by atoms with Crippen molar-refractivity contribution in [3.05, 3.63) is 259 Å². The van der Waals surface area contributed by atoms with Crippen LogP contribution in [0.1, 0.15) is 27.9 Å². The highest BCUT2D eigenvalue weighted by Crippen LogP contribution is 2.36. The maximum atomic E-state index is 13.1. The first kappa shape index (κ1) is 52.5. The Kier molecular flexibility index (Phi) is 14.3. The summed E-state index contributed by atoms with van der Waals surface area (Å²) in [7, 11) is 0. The zero-order valence-electron chi connectivity index (χ0n) is 42.9. The van der Waals surface area contributed by atoms with Gasteiger partial charge in [0.1, 0.15) is 34.5 Å². The van der Waals surface area contributed by atoms with E-state index in [2.05, 4.69) is 0 Å². The second-order valence-corrected chi connectivity index (χ2v) is 18.5. The van der Waals surface area contributed by atoms with E-state index in [4.69, 9.17) is 18.9 Å². The van der Waals surface area contributed by atoms with Crippen molar-refractivity contribution in [3.8, 4) is 34.5 Å².